The summed E-state index contributed by atoms with van der Waals surface area (Å²) < 4.78 is 39.9. The molecule has 1 fully saturated rings. The summed E-state index contributed by atoms with van der Waals surface area (Å²) >= 11 is 0. The zero-order valence-electron chi connectivity index (χ0n) is 47.8. The maximum Gasteiger partial charge on any atom is 0.390 e. The first kappa shape index (κ1) is 53.5. The molecule has 1 aliphatic rings. The molecule has 8 nitrogen and oxygen atoms in total. The molecule has 3 aromatic heterocycles. The molecule has 0 N–H and O–H groups in total. The van der Waals surface area contributed by atoms with Crippen LogP contribution < -0.4 is 41.5 Å². The van der Waals surface area contributed by atoms with E-state index in [0.29, 0.717) is 11.6 Å². The molecule has 0 unspecified atom stereocenters. The van der Waals surface area contributed by atoms with Crippen LogP contribution in [0.1, 0.15) is 0 Å². The zero-order chi connectivity index (χ0) is 58.5. The van der Waals surface area contributed by atoms with Gasteiger partial charge in [0.1, 0.15) is 5.82 Å². The molecule has 16 rings (SSSR count). The minimum atomic E-state index is -4.38. The molecule has 4 heterocycles. The van der Waals surface area contributed by atoms with Crippen molar-refractivity contribution in [1.82, 2.24) is 19.1 Å². The molecule has 12 aromatic carbocycles. The summed E-state index contributed by atoms with van der Waals surface area (Å²) in [6.45, 7) is 0. The Balaban J connectivity index is 1.03. The summed E-state index contributed by atoms with van der Waals surface area (Å²) in [6.07, 6.45) is 0. The summed E-state index contributed by atoms with van der Waals surface area (Å²) in [5.74, 6) is 1.26. The Hall–Kier alpha value is -9.97. The second-order valence-electron chi connectivity index (χ2n) is 22.2. The van der Waals surface area contributed by atoms with Gasteiger partial charge >= 0.3 is 34.2 Å². The fourth-order valence-electron chi connectivity index (χ4n) is 13.1. The molecule has 0 amide bonds. The maximum atomic E-state index is 8.94. The molecule has 1 aliphatic heterocycles. The van der Waals surface area contributed by atoms with Crippen LogP contribution in [-0.2, 0) is 16.5 Å². The van der Waals surface area contributed by atoms with Gasteiger partial charge in [0.25, 0.3) is 0 Å². The quantitative estimate of drug-likeness (QED) is 0.120. The van der Waals surface area contributed by atoms with E-state index < -0.39 is 34.2 Å². The van der Waals surface area contributed by atoms with Crippen LogP contribution in [-0.4, -0.2) is 53.3 Å². The van der Waals surface area contributed by atoms with E-state index in [1.54, 1.807) is 0 Å². The van der Waals surface area contributed by atoms with Crippen molar-refractivity contribution in [1.29, 1.82) is 0 Å². The molecule has 0 spiro atoms. The lowest BCUT2D eigenvalue weighted by atomic mass is 10.1. The van der Waals surface area contributed by atoms with Crippen molar-refractivity contribution in [3.05, 3.63) is 340 Å². The number of rotatable bonds is 11. The van der Waals surface area contributed by atoms with Crippen LogP contribution in [0.4, 0.5) is 0 Å². The Bertz CT molecular complexity index is 4550. The van der Waals surface area contributed by atoms with Gasteiger partial charge in [0.15, 0.2) is 0 Å². The molecule has 15 aromatic rings. The van der Waals surface area contributed by atoms with Gasteiger partial charge in [-0.2, -0.15) is 4.98 Å². The van der Waals surface area contributed by atoms with Crippen LogP contribution in [0.15, 0.2) is 340 Å². The second-order valence-corrected chi connectivity index (χ2v) is 35.0. The monoisotopic (exact) mass is 1200 g/mol. The van der Waals surface area contributed by atoms with Crippen molar-refractivity contribution in [3.63, 3.8) is 0 Å². The lowest BCUT2D eigenvalue weighted by Crippen LogP contribution is -2.88. The lowest BCUT2D eigenvalue weighted by molar-refractivity contribution is 0.268. The normalized spacial score (nSPS) is 15.2. The first-order chi connectivity index (χ1) is 43.5. The van der Waals surface area contributed by atoms with E-state index in [0.717, 1.165) is 96.5 Å². The van der Waals surface area contributed by atoms with E-state index >= 15 is 0 Å². The minimum absolute atomic E-state index is 0.537. The highest BCUT2D eigenvalue weighted by Crippen LogP contribution is 2.37. The van der Waals surface area contributed by atoms with Crippen LogP contribution >= 0.6 is 0 Å². The van der Waals surface area contributed by atoms with E-state index in [-0.39, 0.29) is 0 Å². The second kappa shape index (κ2) is 22.1. The predicted molar refractivity (Wildman–Crippen MR) is 366 cm³/mol. The van der Waals surface area contributed by atoms with Gasteiger partial charge in [-0.05, 0) is 71.8 Å². The molecule has 0 radical (unpaired) electrons. The highest BCUT2D eigenvalue weighted by molar-refractivity contribution is 7.16. The van der Waals surface area contributed by atoms with Crippen molar-refractivity contribution in [3.8, 4) is 23.0 Å². The van der Waals surface area contributed by atoms with Gasteiger partial charge in [-0.25, -0.2) is 4.98 Å². The van der Waals surface area contributed by atoms with Crippen molar-refractivity contribution >= 4 is 119 Å². The van der Waals surface area contributed by atoms with Crippen molar-refractivity contribution in [2.75, 3.05) is 0 Å². The first-order valence-corrected chi connectivity index (χ1v) is 37.0. The van der Waals surface area contributed by atoms with E-state index in [4.69, 9.17) is 26.4 Å². The number of aromatic nitrogens is 4. The molecule has 1 saturated heterocycles. The van der Waals surface area contributed by atoms with Crippen LogP contribution in [0.2, 0.25) is 0 Å². The summed E-state index contributed by atoms with van der Waals surface area (Å²) in [7, 11) is -16.9. The maximum absolute atomic E-state index is 8.94. The molecule has 0 atom stereocenters. The minimum Gasteiger partial charge on any atom is -0.402 e. The molecular weight excluding hydrogens is 1150 g/mol. The molecule has 0 bridgehead atoms. The topological polar surface area (TPSA) is 72.6 Å². The number of nitrogens with zero attached hydrogens (tertiary/aromatic N) is 4. The van der Waals surface area contributed by atoms with E-state index in [9.17, 15) is 0 Å². The Labute approximate surface area is 514 Å². The van der Waals surface area contributed by atoms with Crippen LogP contribution in [0.3, 0.4) is 0 Å². The van der Waals surface area contributed by atoms with Gasteiger partial charge in [-0.1, -0.05) is 303 Å². The lowest BCUT2D eigenvalue weighted by Gasteiger charge is -2.53. The highest BCUT2D eigenvalue weighted by Gasteiger charge is 2.68. The molecule has 420 valence electrons. The first-order valence-electron chi connectivity index (χ1n) is 29.7. The fourth-order valence-corrected chi connectivity index (χ4v) is 35.7. The van der Waals surface area contributed by atoms with Crippen LogP contribution in [0.5, 0.6) is 0 Å². The van der Waals surface area contributed by atoms with E-state index in [2.05, 4.69) is 349 Å². The van der Waals surface area contributed by atoms with Gasteiger partial charge in [-0.15, -0.1) is 0 Å². The average Bonchev–Trinajstić information content (AvgIpc) is 0.967. The Kier molecular flexibility index (Phi) is 13.4. The highest BCUT2D eigenvalue weighted by atomic mass is 28.5. The van der Waals surface area contributed by atoms with Crippen LogP contribution in [0, 0.1) is 0 Å². The standard InChI is InChI=1S/C76H56N4O4Si4/c1-8-32-58(33-9-1)85(59-34-10-2-11-35-59)81-86(60-36-12-3-13-37-60,61-38-14-4-15-39-61)83-88(64-44-20-7-21-45-64,84-87(82-85,62-40-16-5-17-41-62)63-42-18-6-19-43-63)65-46-30-31-57(55-65)70-56-75(79-71-51-26-22-47-66(71)67-48-23-27-52-72(67)79)78-76(77-70)80-73-53-28-24-49-68(73)69-50-25-29-54-74(69)80/h1-56H. The molecule has 12 heteroatoms. The summed E-state index contributed by atoms with van der Waals surface area (Å²) in [5, 5.41) is 11.8. The summed E-state index contributed by atoms with van der Waals surface area (Å²) in [5.41, 5.74) is 5.65. The van der Waals surface area contributed by atoms with Crippen molar-refractivity contribution in [2.45, 2.75) is 0 Å². The third-order valence-corrected chi connectivity index (χ3v) is 35.0. The van der Waals surface area contributed by atoms with Gasteiger partial charge in [0, 0.05) is 33.2 Å². The molecule has 0 saturated carbocycles. The largest absolute Gasteiger partial charge is 0.402 e. The summed E-state index contributed by atoms with van der Waals surface area (Å²) in [4.78, 5) is 11.3. The number of para-hydroxylation sites is 4. The molecule has 88 heavy (non-hydrogen) atoms. The third kappa shape index (κ3) is 8.84. The number of benzene rings is 12. The van der Waals surface area contributed by atoms with Gasteiger partial charge in [-0.3, -0.25) is 9.13 Å². The number of hydrogen-bond donors (Lipinski definition) is 0. The SMILES string of the molecule is c1ccc([Si]2(c3ccccc3)O[Si](c3ccccc3)(c3ccccc3)O[Si](c3ccccc3)(c3cccc(-c4cc(-n5c6ccccc6c6ccccc65)nc(-n5c6ccccc6c6ccccc65)n4)c3)O[Si](c3ccccc3)(c3ccccc3)O2)cc1. The number of fused-ring (bicyclic) bond motifs is 6. The number of hydrogen-bond acceptors (Lipinski definition) is 6. The van der Waals surface area contributed by atoms with Gasteiger partial charge in [0.2, 0.25) is 5.95 Å². The molecular formula is C76H56N4O4Si4. The summed E-state index contributed by atoms with van der Waals surface area (Å²) in [6, 6.07) is 119. The fraction of sp³-hybridized carbons (Fsp3) is 0. The van der Waals surface area contributed by atoms with Gasteiger partial charge in [0.05, 0.1) is 27.8 Å². The van der Waals surface area contributed by atoms with Crippen molar-refractivity contribution in [2.24, 2.45) is 0 Å². The Morgan fingerprint density at radius 2 is 0.489 bits per heavy atom. The van der Waals surface area contributed by atoms with Crippen LogP contribution in [0.25, 0.3) is 66.6 Å². The van der Waals surface area contributed by atoms with Crippen molar-refractivity contribution < 1.29 is 16.5 Å². The Morgan fingerprint density at radius 3 is 0.807 bits per heavy atom. The van der Waals surface area contributed by atoms with E-state index in [1.807, 2.05) is 0 Å². The molecule has 0 aliphatic carbocycles. The predicted octanol–water partition coefficient (Wildman–Crippen LogP) is 11.7. The third-order valence-electron chi connectivity index (χ3n) is 17.1. The Morgan fingerprint density at radius 1 is 0.227 bits per heavy atom. The average molecular weight is 1200 g/mol. The van der Waals surface area contributed by atoms with Gasteiger partial charge < -0.3 is 16.5 Å². The smallest absolute Gasteiger partial charge is 0.390 e. The zero-order valence-corrected chi connectivity index (χ0v) is 51.8. The van der Waals surface area contributed by atoms with E-state index in [1.165, 1.54) is 0 Å².